The molecule has 0 radical (unpaired) electrons. The number of nitrogen functional groups attached to an aromatic ring is 1. The van der Waals surface area contributed by atoms with Gasteiger partial charge >= 0.3 is 5.00 Å². The van der Waals surface area contributed by atoms with Crippen molar-refractivity contribution >= 4 is 33.2 Å². The molecule has 3 N–H and O–H groups in total. The maximum Gasteiger partial charge on any atom is 0.345 e. The molecule has 1 amide bonds. The summed E-state index contributed by atoms with van der Waals surface area (Å²) in [6.07, 6.45) is 2.35. The van der Waals surface area contributed by atoms with E-state index in [1.54, 1.807) is 6.92 Å². The fourth-order valence-electron chi connectivity index (χ4n) is 1.23. The Bertz CT molecular complexity index is 655. The molecule has 0 fully saturated rings. The number of thiazole rings is 1. The number of rotatable bonds is 3. The molecule has 0 aromatic carbocycles. The fourth-order valence-corrected chi connectivity index (χ4v) is 1.86. The van der Waals surface area contributed by atoms with Crippen molar-refractivity contribution in [2.75, 3.05) is 11.1 Å². The average molecular weight is 280 g/mol. The zero-order valence-corrected chi connectivity index (χ0v) is 10.5. The molecule has 98 valence electrons. The van der Waals surface area contributed by atoms with Crippen LogP contribution in [-0.2, 0) is 0 Å². The topological polar surface area (TPSA) is 137 Å². The van der Waals surface area contributed by atoms with Gasteiger partial charge in [0.1, 0.15) is 23.4 Å². The maximum absolute atomic E-state index is 11.9. The normalized spacial score (nSPS) is 10.2. The molecule has 0 spiro atoms. The van der Waals surface area contributed by atoms with E-state index < -0.39 is 10.8 Å². The molecular formula is C9H8N6O3S. The van der Waals surface area contributed by atoms with Gasteiger partial charge in [0.25, 0.3) is 5.91 Å². The highest BCUT2D eigenvalue weighted by Crippen LogP contribution is 2.25. The van der Waals surface area contributed by atoms with E-state index >= 15 is 0 Å². The van der Waals surface area contributed by atoms with E-state index in [1.807, 2.05) is 0 Å². The van der Waals surface area contributed by atoms with Crippen LogP contribution in [0, 0.1) is 17.0 Å². The summed E-state index contributed by atoms with van der Waals surface area (Å²) in [6, 6.07) is 0. The van der Waals surface area contributed by atoms with Crippen LogP contribution in [0.15, 0.2) is 12.4 Å². The van der Waals surface area contributed by atoms with Gasteiger partial charge in [0.05, 0.1) is 4.92 Å². The quantitative estimate of drug-likeness (QED) is 0.631. The van der Waals surface area contributed by atoms with Gasteiger partial charge in [-0.05, 0) is 18.3 Å². The van der Waals surface area contributed by atoms with E-state index in [0.717, 1.165) is 17.5 Å². The summed E-state index contributed by atoms with van der Waals surface area (Å²) in [7, 11) is 0. The van der Waals surface area contributed by atoms with Crippen molar-refractivity contribution < 1.29 is 9.72 Å². The Balaban J connectivity index is 2.18. The Morgan fingerprint density at radius 1 is 1.47 bits per heavy atom. The molecule has 10 heteroatoms. The SMILES string of the molecule is Cc1ncc(C(=O)Nc2ncc([N+](=O)[O-])s2)c(N)n1. The summed E-state index contributed by atoms with van der Waals surface area (Å²) in [5, 5.41) is 12.8. The Labute approximate surface area is 110 Å². The fraction of sp³-hybridized carbons (Fsp3) is 0.111. The van der Waals surface area contributed by atoms with Crippen molar-refractivity contribution in [3.05, 3.63) is 33.9 Å². The molecule has 2 heterocycles. The zero-order chi connectivity index (χ0) is 14.0. The van der Waals surface area contributed by atoms with Gasteiger partial charge < -0.3 is 5.73 Å². The second kappa shape index (κ2) is 4.94. The van der Waals surface area contributed by atoms with E-state index in [4.69, 9.17) is 5.73 Å². The molecule has 0 atom stereocenters. The molecular weight excluding hydrogens is 272 g/mol. The van der Waals surface area contributed by atoms with Crippen LogP contribution in [0.2, 0.25) is 0 Å². The number of anilines is 2. The van der Waals surface area contributed by atoms with Crippen LogP contribution in [0.3, 0.4) is 0 Å². The number of hydrogen-bond donors (Lipinski definition) is 2. The zero-order valence-electron chi connectivity index (χ0n) is 9.65. The number of carbonyl (C=O) groups is 1. The van der Waals surface area contributed by atoms with Gasteiger partial charge in [0, 0.05) is 6.20 Å². The van der Waals surface area contributed by atoms with Crippen LogP contribution < -0.4 is 11.1 Å². The third-order valence-electron chi connectivity index (χ3n) is 2.08. The largest absolute Gasteiger partial charge is 0.383 e. The predicted octanol–water partition coefficient (Wildman–Crippen LogP) is 0.984. The van der Waals surface area contributed by atoms with Gasteiger partial charge in [-0.2, -0.15) is 0 Å². The van der Waals surface area contributed by atoms with Gasteiger partial charge in [-0.25, -0.2) is 15.0 Å². The third-order valence-corrected chi connectivity index (χ3v) is 2.94. The second-order valence-electron chi connectivity index (χ2n) is 3.43. The molecule has 2 rings (SSSR count). The Morgan fingerprint density at radius 2 is 2.21 bits per heavy atom. The van der Waals surface area contributed by atoms with Crippen LogP contribution in [0.5, 0.6) is 0 Å². The van der Waals surface area contributed by atoms with Crippen molar-refractivity contribution in [1.82, 2.24) is 15.0 Å². The van der Waals surface area contributed by atoms with Crippen LogP contribution in [0.25, 0.3) is 0 Å². The number of nitro groups is 1. The van der Waals surface area contributed by atoms with Gasteiger partial charge in [0.2, 0.25) is 0 Å². The van der Waals surface area contributed by atoms with Crippen LogP contribution in [-0.4, -0.2) is 25.8 Å². The molecule has 0 bridgehead atoms. The molecule has 0 aliphatic rings. The number of nitrogens with one attached hydrogen (secondary N) is 1. The lowest BCUT2D eigenvalue weighted by atomic mass is 10.3. The van der Waals surface area contributed by atoms with E-state index in [0.29, 0.717) is 5.82 Å². The van der Waals surface area contributed by atoms with Gasteiger partial charge in [-0.15, -0.1) is 0 Å². The number of nitrogens with zero attached hydrogens (tertiary/aromatic N) is 4. The van der Waals surface area contributed by atoms with Crippen LogP contribution >= 0.6 is 11.3 Å². The lowest BCUT2D eigenvalue weighted by Gasteiger charge is -2.03. The van der Waals surface area contributed by atoms with E-state index in [9.17, 15) is 14.9 Å². The number of amides is 1. The first-order valence-electron chi connectivity index (χ1n) is 4.98. The maximum atomic E-state index is 11.9. The van der Waals surface area contributed by atoms with Gasteiger partial charge in [0.15, 0.2) is 5.13 Å². The number of aryl methyl sites for hydroxylation is 1. The van der Waals surface area contributed by atoms with Crippen molar-refractivity contribution in [3.8, 4) is 0 Å². The first kappa shape index (κ1) is 12.8. The molecule has 2 aromatic heterocycles. The smallest absolute Gasteiger partial charge is 0.345 e. The highest BCUT2D eigenvalue weighted by atomic mass is 32.1. The summed E-state index contributed by atoms with van der Waals surface area (Å²) in [4.78, 5) is 33.2. The summed E-state index contributed by atoms with van der Waals surface area (Å²) in [5.41, 5.74) is 5.68. The van der Waals surface area contributed by atoms with Gasteiger partial charge in [-0.3, -0.25) is 20.2 Å². The monoisotopic (exact) mass is 280 g/mol. The van der Waals surface area contributed by atoms with Crippen molar-refractivity contribution in [2.45, 2.75) is 6.92 Å². The summed E-state index contributed by atoms with van der Waals surface area (Å²) in [5.74, 6) is -0.0864. The lowest BCUT2D eigenvalue weighted by molar-refractivity contribution is -0.380. The van der Waals surface area contributed by atoms with E-state index in [1.165, 1.54) is 6.20 Å². The number of nitrogens with two attached hydrogens (primary N) is 1. The van der Waals surface area contributed by atoms with Crippen LogP contribution in [0.1, 0.15) is 16.2 Å². The van der Waals surface area contributed by atoms with E-state index in [-0.39, 0.29) is 21.5 Å². The number of carbonyl (C=O) groups excluding carboxylic acids is 1. The first-order valence-corrected chi connectivity index (χ1v) is 5.79. The number of hydrogen-bond acceptors (Lipinski definition) is 8. The third kappa shape index (κ3) is 2.80. The summed E-state index contributed by atoms with van der Waals surface area (Å²) >= 11 is 0.749. The molecule has 0 saturated heterocycles. The summed E-state index contributed by atoms with van der Waals surface area (Å²) in [6.45, 7) is 1.64. The first-order chi connectivity index (χ1) is 8.97. The van der Waals surface area contributed by atoms with Crippen LogP contribution in [0.4, 0.5) is 16.0 Å². The molecule has 2 aromatic rings. The molecule has 0 saturated carbocycles. The van der Waals surface area contributed by atoms with E-state index in [2.05, 4.69) is 20.3 Å². The van der Waals surface area contributed by atoms with Crippen molar-refractivity contribution in [3.63, 3.8) is 0 Å². The Hall–Kier alpha value is -2.62. The minimum absolute atomic E-state index is 0.0380. The highest BCUT2D eigenvalue weighted by Gasteiger charge is 2.16. The van der Waals surface area contributed by atoms with Gasteiger partial charge in [-0.1, -0.05) is 0 Å². The lowest BCUT2D eigenvalue weighted by Crippen LogP contribution is -2.15. The summed E-state index contributed by atoms with van der Waals surface area (Å²) < 4.78 is 0. The molecule has 19 heavy (non-hydrogen) atoms. The average Bonchev–Trinajstić information content (AvgIpc) is 2.77. The standard InChI is InChI=1S/C9H8N6O3S/c1-4-11-2-5(7(10)13-4)8(16)14-9-12-3-6(19-9)15(17)18/h2-3H,1H3,(H2,10,11,13)(H,12,14,16). The number of aromatic nitrogens is 3. The predicted molar refractivity (Wildman–Crippen MR) is 67.9 cm³/mol. The minimum Gasteiger partial charge on any atom is -0.383 e. The molecule has 0 aliphatic carbocycles. The highest BCUT2D eigenvalue weighted by molar-refractivity contribution is 7.18. The van der Waals surface area contributed by atoms with Crippen molar-refractivity contribution in [1.29, 1.82) is 0 Å². The Morgan fingerprint density at radius 3 is 2.79 bits per heavy atom. The Kier molecular flexibility index (Phi) is 3.33. The molecule has 9 nitrogen and oxygen atoms in total. The molecule has 0 unspecified atom stereocenters. The van der Waals surface area contributed by atoms with Crippen molar-refractivity contribution in [2.24, 2.45) is 0 Å². The minimum atomic E-state index is -0.587. The molecule has 0 aliphatic heterocycles. The second-order valence-corrected chi connectivity index (χ2v) is 4.44.